The summed E-state index contributed by atoms with van der Waals surface area (Å²) < 4.78 is 0. The van der Waals surface area contributed by atoms with Gasteiger partial charge in [-0.15, -0.1) is 0 Å². The van der Waals surface area contributed by atoms with E-state index in [0.717, 1.165) is 19.3 Å². The van der Waals surface area contributed by atoms with Crippen LogP contribution in [0.25, 0.3) is 0 Å². The molecule has 3 atom stereocenters. The predicted molar refractivity (Wildman–Crippen MR) is 56.4 cm³/mol. The maximum Gasteiger partial charge on any atom is 0.315 e. The minimum Gasteiger partial charge on any atom is -0.481 e. The molecule has 1 rings (SSSR count). The minimum absolute atomic E-state index is 0.169. The van der Waals surface area contributed by atoms with Crippen LogP contribution in [0.5, 0.6) is 0 Å². The summed E-state index contributed by atoms with van der Waals surface area (Å²) in [5.41, 5.74) is 0. The molecule has 0 aromatic heterocycles. The summed E-state index contributed by atoms with van der Waals surface area (Å²) in [4.78, 5) is 22.1. The van der Waals surface area contributed by atoms with Crippen LogP contribution in [0.2, 0.25) is 0 Å². The molecule has 0 radical (unpaired) electrons. The van der Waals surface area contributed by atoms with Gasteiger partial charge in [0.2, 0.25) is 5.91 Å². The number of nitrogens with one attached hydrogen (secondary N) is 1. The second-order valence-electron chi connectivity index (χ2n) is 4.54. The van der Waals surface area contributed by atoms with Gasteiger partial charge in [0, 0.05) is 6.04 Å². The van der Waals surface area contributed by atoms with Crippen molar-refractivity contribution in [3.05, 3.63) is 0 Å². The van der Waals surface area contributed by atoms with Gasteiger partial charge in [-0.3, -0.25) is 9.59 Å². The maximum absolute atomic E-state index is 11.5. The smallest absolute Gasteiger partial charge is 0.315 e. The highest BCUT2D eigenvalue weighted by molar-refractivity contribution is 5.96. The third kappa shape index (κ3) is 3.53. The van der Waals surface area contributed by atoms with Crippen molar-refractivity contribution < 1.29 is 14.7 Å². The average Bonchev–Trinajstić information content (AvgIpc) is 2.16. The van der Waals surface area contributed by atoms with E-state index >= 15 is 0 Å². The van der Waals surface area contributed by atoms with E-state index in [4.69, 9.17) is 5.11 Å². The van der Waals surface area contributed by atoms with Crippen molar-refractivity contribution in [1.29, 1.82) is 0 Å². The molecule has 1 aliphatic carbocycles. The fraction of sp³-hybridized carbons (Fsp3) is 0.818. The Hall–Kier alpha value is -1.06. The lowest BCUT2D eigenvalue weighted by Gasteiger charge is -2.27. The van der Waals surface area contributed by atoms with Crippen LogP contribution in [0.3, 0.4) is 0 Å². The molecular weight excluding hydrogens is 194 g/mol. The van der Waals surface area contributed by atoms with Gasteiger partial charge in [-0.05, 0) is 25.7 Å². The molecule has 1 aliphatic rings. The van der Waals surface area contributed by atoms with Crippen molar-refractivity contribution in [3.63, 3.8) is 0 Å². The first-order chi connectivity index (χ1) is 7.00. The Morgan fingerprint density at radius 3 is 2.60 bits per heavy atom. The molecule has 0 bridgehead atoms. The van der Waals surface area contributed by atoms with E-state index < -0.39 is 11.9 Å². The van der Waals surface area contributed by atoms with Crippen molar-refractivity contribution in [2.75, 3.05) is 0 Å². The standard InChI is InChI=1S/C11H19NO3/c1-7-4-3-5-9(6-7)12-10(13)8(2)11(14)15/h7-9H,3-6H2,1-2H3,(H,12,13)(H,14,15). The first-order valence-corrected chi connectivity index (χ1v) is 5.54. The molecule has 0 saturated heterocycles. The molecule has 1 saturated carbocycles. The number of rotatable bonds is 3. The van der Waals surface area contributed by atoms with Crippen LogP contribution in [0.15, 0.2) is 0 Å². The van der Waals surface area contributed by atoms with Crippen LogP contribution in [-0.2, 0) is 9.59 Å². The van der Waals surface area contributed by atoms with Crippen LogP contribution in [-0.4, -0.2) is 23.0 Å². The zero-order chi connectivity index (χ0) is 11.4. The molecule has 0 aromatic carbocycles. The predicted octanol–water partition coefficient (Wildman–Crippen LogP) is 1.40. The zero-order valence-corrected chi connectivity index (χ0v) is 9.32. The van der Waals surface area contributed by atoms with Crippen molar-refractivity contribution in [3.8, 4) is 0 Å². The van der Waals surface area contributed by atoms with Gasteiger partial charge < -0.3 is 10.4 Å². The van der Waals surface area contributed by atoms with Gasteiger partial charge in [0.1, 0.15) is 5.92 Å². The van der Waals surface area contributed by atoms with Crippen LogP contribution in [0.4, 0.5) is 0 Å². The second-order valence-corrected chi connectivity index (χ2v) is 4.54. The Morgan fingerprint density at radius 2 is 2.07 bits per heavy atom. The summed E-state index contributed by atoms with van der Waals surface area (Å²) >= 11 is 0. The zero-order valence-electron chi connectivity index (χ0n) is 9.32. The topological polar surface area (TPSA) is 66.4 Å². The van der Waals surface area contributed by atoms with Crippen molar-refractivity contribution in [2.24, 2.45) is 11.8 Å². The van der Waals surface area contributed by atoms with Gasteiger partial charge in [-0.2, -0.15) is 0 Å². The van der Waals surface area contributed by atoms with Gasteiger partial charge in [-0.1, -0.05) is 19.8 Å². The van der Waals surface area contributed by atoms with E-state index in [2.05, 4.69) is 12.2 Å². The molecule has 0 aliphatic heterocycles. The van der Waals surface area contributed by atoms with Crippen molar-refractivity contribution in [1.82, 2.24) is 5.32 Å². The highest BCUT2D eigenvalue weighted by Crippen LogP contribution is 2.23. The molecule has 2 N–H and O–H groups in total. The van der Waals surface area contributed by atoms with Crippen LogP contribution in [0, 0.1) is 11.8 Å². The number of aliphatic carboxylic acids is 1. The first-order valence-electron chi connectivity index (χ1n) is 5.54. The first kappa shape index (κ1) is 12.0. The fourth-order valence-electron chi connectivity index (χ4n) is 2.00. The van der Waals surface area contributed by atoms with Gasteiger partial charge in [0.25, 0.3) is 0 Å². The number of amides is 1. The van der Waals surface area contributed by atoms with E-state index in [1.54, 1.807) is 0 Å². The Bertz CT molecular complexity index is 252. The molecule has 0 spiro atoms. The molecule has 86 valence electrons. The lowest BCUT2D eigenvalue weighted by molar-refractivity contribution is -0.146. The minimum atomic E-state index is -1.06. The Labute approximate surface area is 90.0 Å². The van der Waals surface area contributed by atoms with E-state index in [1.165, 1.54) is 13.3 Å². The Morgan fingerprint density at radius 1 is 1.40 bits per heavy atom. The highest BCUT2D eigenvalue weighted by Gasteiger charge is 2.25. The average molecular weight is 213 g/mol. The van der Waals surface area contributed by atoms with Gasteiger partial charge in [0.05, 0.1) is 0 Å². The third-order valence-corrected chi connectivity index (χ3v) is 3.05. The van der Waals surface area contributed by atoms with E-state index in [0.29, 0.717) is 5.92 Å². The number of hydrogen-bond acceptors (Lipinski definition) is 2. The molecule has 1 fully saturated rings. The normalized spacial score (nSPS) is 28.1. The quantitative estimate of drug-likeness (QED) is 0.696. The van der Waals surface area contributed by atoms with E-state index in [1.807, 2.05) is 0 Å². The second kappa shape index (κ2) is 5.14. The van der Waals surface area contributed by atoms with Gasteiger partial charge in [-0.25, -0.2) is 0 Å². The lowest BCUT2D eigenvalue weighted by atomic mass is 9.87. The number of carboxylic acids is 1. The maximum atomic E-state index is 11.5. The summed E-state index contributed by atoms with van der Waals surface area (Å²) in [7, 11) is 0. The molecule has 0 heterocycles. The number of carboxylic acid groups (broad SMARTS) is 1. The number of hydrogen-bond donors (Lipinski definition) is 2. The largest absolute Gasteiger partial charge is 0.481 e. The van der Waals surface area contributed by atoms with Crippen molar-refractivity contribution in [2.45, 2.75) is 45.6 Å². The molecule has 15 heavy (non-hydrogen) atoms. The molecule has 1 amide bonds. The lowest BCUT2D eigenvalue weighted by Crippen LogP contribution is -2.42. The van der Waals surface area contributed by atoms with Crippen LogP contribution < -0.4 is 5.32 Å². The molecule has 0 aromatic rings. The van der Waals surface area contributed by atoms with E-state index in [-0.39, 0.29) is 11.9 Å². The highest BCUT2D eigenvalue weighted by atomic mass is 16.4. The van der Waals surface area contributed by atoms with Gasteiger partial charge >= 0.3 is 5.97 Å². The molecule has 3 unspecified atom stereocenters. The number of carbonyl (C=O) groups is 2. The van der Waals surface area contributed by atoms with Crippen molar-refractivity contribution >= 4 is 11.9 Å². The molecule has 4 nitrogen and oxygen atoms in total. The number of carbonyl (C=O) groups excluding carboxylic acids is 1. The molecular formula is C11H19NO3. The summed E-state index contributed by atoms with van der Waals surface area (Å²) in [6, 6.07) is 0.169. The Kier molecular flexibility index (Phi) is 4.12. The van der Waals surface area contributed by atoms with E-state index in [9.17, 15) is 9.59 Å². The summed E-state index contributed by atoms with van der Waals surface area (Å²) in [5, 5.41) is 11.5. The summed E-state index contributed by atoms with van der Waals surface area (Å²) in [6.45, 7) is 3.59. The fourth-order valence-corrected chi connectivity index (χ4v) is 2.00. The molecule has 4 heteroatoms. The van der Waals surface area contributed by atoms with Crippen LogP contribution in [0.1, 0.15) is 39.5 Å². The monoisotopic (exact) mass is 213 g/mol. The van der Waals surface area contributed by atoms with Gasteiger partial charge in [0.15, 0.2) is 0 Å². The summed E-state index contributed by atoms with van der Waals surface area (Å²) in [6.07, 6.45) is 4.27. The van der Waals surface area contributed by atoms with Crippen LogP contribution >= 0.6 is 0 Å². The SMILES string of the molecule is CC1CCCC(NC(=O)C(C)C(=O)O)C1. The Balaban J connectivity index is 2.40. The third-order valence-electron chi connectivity index (χ3n) is 3.05. The summed E-state index contributed by atoms with van der Waals surface area (Å²) in [5.74, 6) is -1.73.